The van der Waals surface area contributed by atoms with Gasteiger partial charge in [-0.1, -0.05) is 84.9 Å². The van der Waals surface area contributed by atoms with Gasteiger partial charge in [-0.2, -0.15) is 0 Å². The minimum Gasteiger partial charge on any atom is -0.222 e. The predicted molar refractivity (Wildman–Crippen MR) is 110 cm³/mol. The first kappa shape index (κ1) is 24.8. The standard InChI is InChI=1S/C20H18.3CHNO/c1-3-8-17(9-4-1)14-19-12-7-13-20(16-19)15-18-10-5-2-6-11-18;3*2-1-3/h1-13,16H,14-15H2;3*2H. The van der Waals surface area contributed by atoms with Gasteiger partial charge >= 0.3 is 0 Å². The highest BCUT2D eigenvalue weighted by Crippen LogP contribution is 2.14. The zero-order valence-corrected chi connectivity index (χ0v) is 15.7. The molecule has 0 heterocycles. The van der Waals surface area contributed by atoms with Gasteiger partial charge in [0.15, 0.2) is 0 Å². The Morgan fingerprint density at radius 3 is 1.07 bits per heavy atom. The van der Waals surface area contributed by atoms with E-state index in [1.165, 1.54) is 22.3 Å². The first-order valence-corrected chi connectivity index (χ1v) is 8.42. The fourth-order valence-electron chi connectivity index (χ4n) is 2.51. The SMILES string of the molecule is N=C=O.N=C=O.N=C=O.c1ccc(Cc2cccc(Cc3ccccc3)c2)cc1. The molecule has 6 heteroatoms. The van der Waals surface area contributed by atoms with Gasteiger partial charge in [0, 0.05) is 0 Å². The molecule has 0 radical (unpaired) electrons. The minimum absolute atomic E-state index is 0.750. The number of benzene rings is 3. The third-order valence-corrected chi connectivity index (χ3v) is 3.49. The zero-order valence-electron chi connectivity index (χ0n) is 15.7. The van der Waals surface area contributed by atoms with Crippen LogP contribution in [0, 0.1) is 16.2 Å². The van der Waals surface area contributed by atoms with Crippen LogP contribution in [0.15, 0.2) is 84.9 Å². The quantitative estimate of drug-likeness (QED) is 0.449. The third-order valence-electron chi connectivity index (χ3n) is 3.49. The van der Waals surface area contributed by atoms with Gasteiger partial charge in [-0.15, -0.1) is 0 Å². The molecule has 0 aromatic heterocycles. The van der Waals surface area contributed by atoms with Gasteiger partial charge in [-0.3, -0.25) is 0 Å². The molecular weight excluding hydrogens is 366 g/mol. The van der Waals surface area contributed by atoms with Gasteiger partial charge in [0.05, 0.1) is 0 Å². The summed E-state index contributed by atoms with van der Waals surface area (Å²) in [6.45, 7) is 0. The maximum atomic E-state index is 8.35. The topological polar surface area (TPSA) is 123 Å². The van der Waals surface area contributed by atoms with Crippen molar-refractivity contribution in [2.75, 3.05) is 0 Å². The van der Waals surface area contributed by atoms with Crippen molar-refractivity contribution in [3.8, 4) is 0 Å². The van der Waals surface area contributed by atoms with E-state index >= 15 is 0 Å². The Hall–Kier alpha value is -4.20. The second-order valence-corrected chi connectivity index (χ2v) is 5.45. The molecule has 0 aliphatic rings. The van der Waals surface area contributed by atoms with E-state index in [2.05, 4.69) is 84.9 Å². The fourth-order valence-corrected chi connectivity index (χ4v) is 2.51. The highest BCUT2D eigenvalue weighted by atomic mass is 16.1. The summed E-state index contributed by atoms with van der Waals surface area (Å²) < 4.78 is 0. The maximum Gasteiger partial charge on any atom is 0.231 e. The van der Waals surface area contributed by atoms with E-state index < -0.39 is 0 Å². The molecule has 29 heavy (non-hydrogen) atoms. The van der Waals surface area contributed by atoms with E-state index in [0.717, 1.165) is 31.1 Å². The van der Waals surface area contributed by atoms with E-state index in [-0.39, 0.29) is 0 Å². The molecule has 3 aromatic carbocycles. The number of hydrogen-bond acceptors (Lipinski definition) is 6. The van der Waals surface area contributed by atoms with Gasteiger partial charge in [-0.05, 0) is 35.1 Å². The average molecular weight is 387 g/mol. The summed E-state index contributed by atoms with van der Waals surface area (Å²) in [5.74, 6) is 0. The summed E-state index contributed by atoms with van der Waals surface area (Å²) in [4.78, 5) is 25.0. The van der Waals surface area contributed by atoms with Crippen molar-refractivity contribution in [1.82, 2.24) is 0 Å². The largest absolute Gasteiger partial charge is 0.231 e. The van der Waals surface area contributed by atoms with E-state index in [1.54, 1.807) is 0 Å². The molecule has 0 spiro atoms. The second kappa shape index (κ2) is 17.2. The Kier molecular flexibility index (Phi) is 14.7. The van der Waals surface area contributed by atoms with E-state index in [9.17, 15) is 0 Å². The Balaban J connectivity index is 0.000000749. The monoisotopic (exact) mass is 387 g/mol. The van der Waals surface area contributed by atoms with Crippen molar-refractivity contribution >= 4 is 18.2 Å². The van der Waals surface area contributed by atoms with Crippen molar-refractivity contribution in [3.05, 3.63) is 107 Å². The Morgan fingerprint density at radius 1 is 0.483 bits per heavy atom. The minimum atomic E-state index is 0.750. The number of carbonyl (C=O) groups excluding carboxylic acids is 3. The van der Waals surface area contributed by atoms with E-state index in [0.29, 0.717) is 0 Å². The summed E-state index contributed by atoms with van der Waals surface area (Å²) >= 11 is 0. The first-order valence-electron chi connectivity index (χ1n) is 8.42. The summed E-state index contributed by atoms with van der Waals surface area (Å²) in [6.07, 6.45) is 4.26. The molecule has 0 bridgehead atoms. The summed E-state index contributed by atoms with van der Waals surface area (Å²) in [7, 11) is 0. The fraction of sp³-hybridized carbons (Fsp3) is 0.0870. The molecule has 3 aromatic rings. The molecule has 0 fully saturated rings. The normalized spacial score (nSPS) is 8.00. The molecule has 0 atom stereocenters. The van der Waals surface area contributed by atoms with Crippen LogP contribution in [0.3, 0.4) is 0 Å². The molecule has 0 saturated carbocycles. The van der Waals surface area contributed by atoms with Crippen LogP contribution in [0.25, 0.3) is 0 Å². The Bertz CT molecular complexity index is 839. The number of hydrogen-bond donors (Lipinski definition) is 3. The molecule has 0 amide bonds. The second-order valence-electron chi connectivity index (χ2n) is 5.45. The summed E-state index contributed by atoms with van der Waals surface area (Å²) in [6, 6.07) is 30.2. The van der Waals surface area contributed by atoms with Crippen LogP contribution in [-0.2, 0) is 27.2 Å². The third kappa shape index (κ3) is 12.7. The predicted octanol–water partition coefficient (Wildman–Crippen LogP) is 4.57. The van der Waals surface area contributed by atoms with Crippen molar-refractivity contribution in [3.63, 3.8) is 0 Å². The highest BCUT2D eigenvalue weighted by molar-refractivity contribution is 5.32. The molecule has 3 N–H and O–H groups in total. The molecule has 0 aliphatic carbocycles. The molecule has 6 nitrogen and oxygen atoms in total. The summed E-state index contributed by atoms with van der Waals surface area (Å²) in [5.41, 5.74) is 5.49. The van der Waals surface area contributed by atoms with Crippen LogP contribution < -0.4 is 0 Å². The maximum absolute atomic E-state index is 8.35. The first-order chi connectivity index (χ1) is 14.1. The van der Waals surface area contributed by atoms with Gasteiger partial charge in [0.2, 0.25) is 18.2 Å². The lowest BCUT2D eigenvalue weighted by Crippen LogP contribution is -1.92. The van der Waals surface area contributed by atoms with Gasteiger partial charge in [0.1, 0.15) is 0 Å². The molecule has 146 valence electrons. The molecule has 0 unspecified atom stereocenters. The van der Waals surface area contributed by atoms with Crippen LogP contribution in [0.5, 0.6) is 0 Å². The lowest BCUT2D eigenvalue weighted by molar-refractivity contribution is 0.562. The van der Waals surface area contributed by atoms with Crippen molar-refractivity contribution < 1.29 is 14.4 Å². The number of rotatable bonds is 4. The lowest BCUT2D eigenvalue weighted by Gasteiger charge is -2.06. The molecule has 0 aliphatic heterocycles. The van der Waals surface area contributed by atoms with E-state index in [1.807, 2.05) is 0 Å². The van der Waals surface area contributed by atoms with Gasteiger partial charge in [-0.25, -0.2) is 30.6 Å². The van der Waals surface area contributed by atoms with Gasteiger partial charge in [0.25, 0.3) is 0 Å². The average Bonchev–Trinajstić information content (AvgIpc) is 2.72. The lowest BCUT2D eigenvalue weighted by atomic mass is 9.99. The van der Waals surface area contributed by atoms with Crippen LogP contribution >= 0.6 is 0 Å². The van der Waals surface area contributed by atoms with Crippen molar-refractivity contribution in [2.45, 2.75) is 12.8 Å². The Morgan fingerprint density at radius 2 is 0.759 bits per heavy atom. The smallest absolute Gasteiger partial charge is 0.222 e. The van der Waals surface area contributed by atoms with Crippen molar-refractivity contribution in [2.24, 2.45) is 0 Å². The molecule has 3 rings (SSSR count). The zero-order chi connectivity index (χ0) is 21.7. The van der Waals surface area contributed by atoms with Crippen LogP contribution in [0.2, 0.25) is 0 Å². The van der Waals surface area contributed by atoms with Crippen LogP contribution in [0.4, 0.5) is 0 Å². The molecule has 0 saturated heterocycles. The van der Waals surface area contributed by atoms with E-state index in [4.69, 9.17) is 30.6 Å². The summed E-state index contributed by atoms with van der Waals surface area (Å²) in [5, 5.41) is 16.2. The highest BCUT2D eigenvalue weighted by Gasteiger charge is 1.99. The number of nitrogens with one attached hydrogen (secondary N) is 3. The number of isocyanates is 3. The van der Waals surface area contributed by atoms with Crippen LogP contribution in [0.1, 0.15) is 22.3 Å². The van der Waals surface area contributed by atoms with Gasteiger partial charge < -0.3 is 0 Å². The van der Waals surface area contributed by atoms with Crippen LogP contribution in [-0.4, -0.2) is 18.2 Å². The van der Waals surface area contributed by atoms with Crippen molar-refractivity contribution in [1.29, 1.82) is 16.2 Å². The Labute approximate surface area is 169 Å². The molecular formula is C23H21N3O3.